The highest BCUT2D eigenvalue weighted by Gasteiger charge is 2.02. The first-order valence-corrected chi connectivity index (χ1v) is 8.34. The number of nitrogens with one attached hydrogen (secondary N) is 2. The summed E-state index contributed by atoms with van der Waals surface area (Å²) < 4.78 is 11.0. The van der Waals surface area contributed by atoms with Crippen molar-refractivity contribution in [3.63, 3.8) is 0 Å². The maximum Gasteiger partial charge on any atom is 0.191 e. The normalized spacial score (nSPS) is 10.7. The Bertz CT molecular complexity index is 680. The molecule has 26 heavy (non-hydrogen) atoms. The number of halogens is 1. The van der Waals surface area contributed by atoms with Crippen LogP contribution in [0, 0.1) is 6.92 Å². The van der Waals surface area contributed by atoms with E-state index in [4.69, 9.17) is 9.47 Å². The lowest BCUT2D eigenvalue weighted by molar-refractivity contribution is 0.320. The first-order valence-electron chi connectivity index (χ1n) is 8.34. The van der Waals surface area contributed by atoms with Crippen molar-refractivity contribution in [3.05, 3.63) is 53.9 Å². The van der Waals surface area contributed by atoms with Crippen LogP contribution in [-0.2, 0) is 6.42 Å². The molecule has 6 nitrogen and oxygen atoms in total. The molecule has 0 aliphatic heterocycles. The largest absolute Gasteiger partial charge is 0.496 e. The molecule has 0 aliphatic carbocycles. The van der Waals surface area contributed by atoms with E-state index in [1.807, 2.05) is 19.1 Å². The van der Waals surface area contributed by atoms with Crippen molar-refractivity contribution in [2.75, 3.05) is 33.9 Å². The lowest BCUT2D eigenvalue weighted by atomic mass is 10.1. The summed E-state index contributed by atoms with van der Waals surface area (Å²) in [6.45, 7) is 4.03. The maximum atomic E-state index is 5.59. The van der Waals surface area contributed by atoms with Gasteiger partial charge in [-0.05, 0) is 42.7 Å². The van der Waals surface area contributed by atoms with E-state index < -0.39 is 0 Å². The molecule has 0 unspecified atom stereocenters. The standard InChI is InChI=1S/C19H26N4O2.HI/c1-15-6-7-16(13-18(15)24-3)8-10-22-19(20-2)23-11-12-25-17-5-4-9-21-14-17;/h4-7,9,13-14H,8,10-12H2,1-3H3,(H2,20,22,23);1H. The molecule has 0 radical (unpaired) electrons. The highest BCUT2D eigenvalue weighted by molar-refractivity contribution is 14.0. The van der Waals surface area contributed by atoms with Gasteiger partial charge in [0.05, 0.1) is 19.9 Å². The Labute approximate surface area is 172 Å². The first kappa shape index (κ1) is 22.0. The number of ether oxygens (including phenoxy) is 2. The number of aromatic nitrogens is 1. The van der Waals surface area contributed by atoms with E-state index in [-0.39, 0.29) is 24.0 Å². The lowest BCUT2D eigenvalue weighted by Crippen LogP contribution is -2.40. The summed E-state index contributed by atoms with van der Waals surface area (Å²) in [5.74, 6) is 2.45. The highest BCUT2D eigenvalue weighted by Crippen LogP contribution is 2.18. The Hall–Kier alpha value is -2.03. The quantitative estimate of drug-likeness (QED) is 0.269. The molecule has 0 amide bonds. The molecule has 1 aromatic carbocycles. The molecule has 2 rings (SSSR count). The minimum Gasteiger partial charge on any atom is -0.496 e. The number of benzene rings is 1. The maximum absolute atomic E-state index is 5.59. The van der Waals surface area contributed by atoms with Crippen molar-refractivity contribution in [3.8, 4) is 11.5 Å². The first-order chi connectivity index (χ1) is 12.2. The second kappa shape index (κ2) is 12.3. The third-order valence-electron chi connectivity index (χ3n) is 3.70. The van der Waals surface area contributed by atoms with Gasteiger partial charge in [-0.1, -0.05) is 12.1 Å². The van der Waals surface area contributed by atoms with Gasteiger partial charge in [0.1, 0.15) is 18.1 Å². The van der Waals surface area contributed by atoms with Gasteiger partial charge in [-0.25, -0.2) is 0 Å². The molecule has 0 aliphatic rings. The zero-order valence-electron chi connectivity index (χ0n) is 15.5. The van der Waals surface area contributed by atoms with E-state index in [1.54, 1.807) is 26.6 Å². The molecule has 7 heteroatoms. The Morgan fingerprint density at radius 2 is 2.00 bits per heavy atom. The predicted molar refractivity (Wildman–Crippen MR) is 116 cm³/mol. The Kier molecular flexibility index (Phi) is 10.5. The number of pyridine rings is 1. The average molecular weight is 470 g/mol. The van der Waals surface area contributed by atoms with E-state index in [9.17, 15) is 0 Å². The Morgan fingerprint density at radius 1 is 1.19 bits per heavy atom. The SMILES string of the molecule is CN=C(NCCOc1cccnc1)NCCc1ccc(C)c(OC)c1.I. The van der Waals surface area contributed by atoms with Crippen LogP contribution in [0.25, 0.3) is 0 Å². The van der Waals surface area contributed by atoms with Gasteiger partial charge < -0.3 is 20.1 Å². The summed E-state index contributed by atoms with van der Waals surface area (Å²) >= 11 is 0. The van der Waals surface area contributed by atoms with E-state index in [0.29, 0.717) is 13.2 Å². The molecular formula is C19H27IN4O2. The van der Waals surface area contributed by atoms with Crippen LogP contribution in [0.1, 0.15) is 11.1 Å². The van der Waals surface area contributed by atoms with Crippen LogP contribution in [-0.4, -0.2) is 44.8 Å². The molecule has 1 heterocycles. The summed E-state index contributed by atoms with van der Waals surface area (Å²) in [5.41, 5.74) is 2.37. The van der Waals surface area contributed by atoms with Crippen LogP contribution < -0.4 is 20.1 Å². The highest BCUT2D eigenvalue weighted by atomic mass is 127. The summed E-state index contributed by atoms with van der Waals surface area (Å²) in [6.07, 6.45) is 4.31. The van der Waals surface area contributed by atoms with Crippen molar-refractivity contribution < 1.29 is 9.47 Å². The number of hydrogen-bond donors (Lipinski definition) is 2. The molecule has 0 saturated carbocycles. The van der Waals surface area contributed by atoms with Crippen molar-refractivity contribution in [2.24, 2.45) is 4.99 Å². The molecule has 1 aromatic heterocycles. The summed E-state index contributed by atoms with van der Waals surface area (Å²) in [7, 11) is 3.45. The van der Waals surface area contributed by atoms with Gasteiger partial charge in [0.15, 0.2) is 5.96 Å². The van der Waals surface area contributed by atoms with Gasteiger partial charge in [-0.2, -0.15) is 0 Å². The fourth-order valence-electron chi connectivity index (χ4n) is 2.34. The Morgan fingerprint density at radius 3 is 2.69 bits per heavy atom. The molecule has 0 saturated heterocycles. The van der Waals surface area contributed by atoms with Gasteiger partial charge >= 0.3 is 0 Å². The van der Waals surface area contributed by atoms with Crippen molar-refractivity contribution in [2.45, 2.75) is 13.3 Å². The van der Waals surface area contributed by atoms with Crippen LogP contribution in [0.15, 0.2) is 47.7 Å². The number of rotatable bonds is 8. The Balaban J connectivity index is 0.00000338. The topological polar surface area (TPSA) is 67.8 Å². The number of aliphatic imine (C=N–C) groups is 1. The molecule has 2 N–H and O–H groups in total. The van der Waals surface area contributed by atoms with Gasteiger partial charge in [0.25, 0.3) is 0 Å². The monoisotopic (exact) mass is 470 g/mol. The zero-order valence-corrected chi connectivity index (χ0v) is 17.8. The van der Waals surface area contributed by atoms with Crippen molar-refractivity contribution in [1.82, 2.24) is 15.6 Å². The third kappa shape index (κ3) is 7.47. The van der Waals surface area contributed by atoms with E-state index in [2.05, 4.69) is 38.8 Å². The molecular weight excluding hydrogens is 443 g/mol. The van der Waals surface area contributed by atoms with Gasteiger partial charge in [-0.15, -0.1) is 24.0 Å². The minimum absolute atomic E-state index is 0. The second-order valence-electron chi connectivity index (χ2n) is 5.52. The van der Waals surface area contributed by atoms with Crippen LogP contribution in [0.2, 0.25) is 0 Å². The van der Waals surface area contributed by atoms with Crippen LogP contribution >= 0.6 is 24.0 Å². The number of nitrogens with zero attached hydrogens (tertiary/aromatic N) is 2. The number of guanidine groups is 1. The summed E-state index contributed by atoms with van der Waals surface area (Å²) in [4.78, 5) is 8.22. The van der Waals surface area contributed by atoms with E-state index >= 15 is 0 Å². The number of aryl methyl sites for hydroxylation is 1. The number of methoxy groups -OCH3 is 1. The molecule has 0 spiro atoms. The smallest absolute Gasteiger partial charge is 0.191 e. The predicted octanol–water partition coefficient (Wildman–Crippen LogP) is 2.80. The second-order valence-corrected chi connectivity index (χ2v) is 5.52. The molecule has 0 atom stereocenters. The molecule has 0 fully saturated rings. The van der Waals surface area contributed by atoms with Crippen molar-refractivity contribution >= 4 is 29.9 Å². The van der Waals surface area contributed by atoms with Crippen molar-refractivity contribution in [1.29, 1.82) is 0 Å². The third-order valence-corrected chi connectivity index (χ3v) is 3.70. The van der Waals surface area contributed by atoms with E-state index in [0.717, 1.165) is 36.0 Å². The summed E-state index contributed by atoms with van der Waals surface area (Å²) in [6, 6.07) is 10.0. The van der Waals surface area contributed by atoms with Crippen LogP contribution in [0.4, 0.5) is 0 Å². The van der Waals surface area contributed by atoms with Crippen LogP contribution in [0.3, 0.4) is 0 Å². The molecule has 142 valence electrons. The van der Waals surface area contributed by atoms with Gasteiger partial charge in [0.2, 0.25) is 0 Å². The van der Waals surface area contributed by atoms with Gasteiger partial charge in [-0.3, -0.25) is 9.98 Å². The fraction of sp³-hybridized carbons (Fsp3) is 0.368. The van der Waals surface area contributed by atoms with Crippen LogP contribution in [0.5, 0.6) is 11.5 Å². The van der Waals surface area contributed by atoms with Gasteiger partial charge in [0, 0.05) is 19.8 Å². The zero-order chi connectivity index (χ0) is 17.9. The van der Waals surface area contributed by atoms with E-state index in [1.165, 1.54) is 5.56 Å². The molecule has 2 aromatic rings. The molecule has 0 bridgehead atoms. The fourth-order valence-corrected chi connectivity index (χ4v) is 2.34. The summed E-state index contributed by atoms with van der Waals surface area (Å²) in [5, 5.41) is 6.53. The minimum atomic E-state index is 0. The lowest BCUT2D eigenvalue weighted by Gasteiger charge is -2.13. The average Bonchev–Trinajstić information content (AvgIpc) is 2.65. The number of hydrogen-bond acceptors (Lipinski definition) is 4.